The minimum absolute atomic E-state index is 0.000542. The Morgan fingerprint density at radius 2 is 0.772 bits per heavy atom. The highest BCUT2D eigenvalue weighted by atomic mass is 31.2. The van der Waals surface area contributed by atoms with Gasteiger partial charge in [-0.2, -0.15) is 0 Å². The molecule has 0 saturated carbocycles. The highest BCUT2D eigenvalue weighted by Crippen LogP contribution is 2.38. The second-order valence-electron chi connectivity index (χ2n) is 24.5. The molecule has 0 heterocycles. The molecule has 0 aromatic rings. The number of carbonyl (C=O) groups is 1. The Labute approximate surface area is 492 Å². The van der Waals surface area contributed by atoms with E-state index in [0.717, 1.165) is 64.2 Å². The van der Waals surface area contributed by atoms with Crippen LogP contribution in [0.25, 0.3) is 0 Å². The van der Waals surface area contributed by atoms with Crippen LogP contribution in [0, 0.1) is 0 Å². The molecule has 0 aliphatic heterocycles. The molecular formula is C70H133N2O6P. The van der Waals surface area contributed by atoms with Crippen LogP contribution in [0.3, 0.4) is 0 Å². The number of unbranched alkanes of at least 4 members (excludes halogenated alkanes) is 42. The average molecular weight is 1130 g/mol. The van der Waals surface area contributed by atoms with Gasteiger partial charge in [-0.25, -0.2) is 0 Å². The first kappa shape index (κ1) is 77.2. The van der Waals surface area contributed by atoms with Crippen molar-refractivity contribution in [2.45, 2.75) is 341 Å². The monoisotopic (exact) mass is 1130 g/mol. The molecule has 9 heteroatoms. The predicted octanol–water partition coefficient (Wildman–Crippen LogP) is 21.0. The van der Waals surface area contributed by atoms with Crippen molar-refractivity contribution >= 4 is 13.7 Å². The van der Waals surface area contributed by atoms with Crippen LogP contribution >= 0.6 is 7.82 Å². The minimum atomic E-state index is -4.60. The van der Waals surface area contributed by atoms with Crippen LogP contribution in [0.4, 0.5) is 0 Å². The second kappa shape index (κ2) is 60.8. The summed E-state index contributed by atoms with van der Waals surface area (Å²) < 4.78 is 23.5. The molecule has 0 rings (SSSR count). The Balaban J connectivity index is 4.07. The highest BCUT2D eigenvalue weighted by molar-refractivity contribution is 7.45. The number of aliphatic hydroxyl groups is 1. The molecule has 0 aliphatic carbocycles. The molecule has 3 atom stereocenters. The number of allylic oxidation sites excluding steroid dienone is 9. The normalized spacial score (nSPS) is 14.1. The molecule has 0 aliphatic rings. The molecule has 1 amide bonds. The maximum atomic E-state index is 13.0. The third-order valence-corrected chi connectivity index (χ3v) is 16.4. The van der Waals surface area contributed by atoms with Gasteiger partial charge in [0.2, 0.25) is 5.91 Å². The second-order valence-corrected chi connectivity index (χ2v) is 25.9. The fourth-order valence-electron chi connectivity index (χ4n) is 10.2. The van der Waals surface area contributed by atoms with E-state index in [0.29, 0.717) is 17.4 Å². The molecule has 0 aromatic carbocycles. The molecule has 3 unspecified atom stereocenters. The molecule has 8 nitrogen and oxygen atoms in total. The van der Waals surface area contributed by atoms with E-state index in [4.69, 9.17) is 9.05 Å². The number of nitrogens with one attached hydrogen (secondary N) is 1. The zero-order chi connectivity index (χ0) is 57.7. The van der Waals surface area contributed by atoms with Gasteiger partial charge in [0.1, 0.15) is 13.2 Å². The van der Waals surface area contributed by atoms with Gasteiger partial charge in [0.15, 0.2) is 0 Å². The van der Waals surface area contributed by atoms with Gasteiger partial charge in [-0.3, -0.25) is 9.36 Å². The Hall–Kier alpha value is -1.80. The zero-order valence-electron chi connectivity index (χ0n) is 53.1. The lowest BCUT2D eigenvalue weighted by Gasteiger charge is -2.29. The summed E-state index contributed by atoms with van der Waals surface area (Å²) in [6.45, 7) is 4.58. The summed E-state index contributed by atoms with van der Waals surface area (Å²) in [6.07, 6.45) is 83.3. The van der Waals surface area contributed by atoms with Crippen molar-refractivity contribution < 1.29 is 32.9 Å². The molecule has 0 radical (unpaired) electrons. The van der Waals surface area contributed by atoms with E-state index in [1.807, 2.05) is 27.2 Å². The Bertz CT molecular complexity index is 1470. The number of phosphoric ester groups is 1. The Kier molecular flexibility index (Phi) is 59.4. The molecule has 0 spiro atoms. The Morgan fingerprint density at radius 3 is 1.13 bits per heavy atom. The third-order valence-electron chi connectivity index (χ3n) is 15.5. The molecule has 464 valence electrons. The molecular weight excluding hydrogens is 996 g/mol. The standard InChI is InChI=1S/C70H133N2O6P/c1-6-8-10-12-14-16-18-20-22-24-26-28-30-32-34-35-36-37-38-40-42-44-46-48-50-52-54-56-58-60-62-64-70(74)71-68(67-78-79(75,76)77-66-65-72(3,4)5)69(73)63-61-59-57-55-53-51-49-47-45-43-41-39-33-31-29-27-25-23-21-19-17-15-13-11-9-7-2/h8,10,14,16,20,22,26,28,61,63,68-69,73H,6-7,9,11-13,15,17-19,21,23-25,27,29-60,62,64-67H2,1-5H3,(H-,71,74,75,76)/b10-8-,16-14-,22-20-,28-26-,63-61+. The summed E-state index contributed by atoms with van der Waals surface area (Å²) in [4.78, 5) is 25.6. The number of phosphoric acid groups is 1. The minimum Gasteiger partial charge on any atom is -0.756 e. The number of carbonyl (C=O) groups excluding carboxylic acids is 1. The smallest absolute Gasteiger partial charge is 0.268 e. The number of aliphatic hydroxyl groups excluding tert-OH is 1. The van der Waals surface area contributed by atoms with Crippen molar-refractivity contribution in [1.82, 2.24) is 5.32 Å². The topological polar surface area (TPSA) is 108 Å². The van der Waals surface area contributed by atoms with Gasteiger partial charge >= 0.3 is 0 Å². The highest BCUT2D eigenvalue weighted by Gasteiger charge is 2.23. The van der Waals surface area contributed by atoms with E-state index in [9.17, 15) is 19.4 Å². The summed E-state index contributed by atoms with van der Waals surface area (Å²) in [5, 5.41) is 14.0. The largest absolute Gasteiger partial charge is 0.756 e. The van der Waals surface area contributed by atoms with Crippen LogP contribution in [0.5, 0.6) is 0 Å². The number of hydrogen-bond donors (Lipinski definition) is 2. The van der Waals surface area contributed by atoms with Crippen LogP contribution in [-0.2, 0) is 18.4 Å². The van der Waals surface area contributed by atoms with E-state index >= 15 is 0 Å². The molecule has 0 saturated heterocycles. The van der Waals surface area contributed by atoms with Crippen molar-refractivity contribution in [3.63, 3.8) is 0 Å². The van der Waals surface area contributed by atoms with Gasteiger partial charge in [0, 0.05) is 6.42 Å². The number of hydrogen-bond acceptors (Lipinski definition) is 6. The first-order valence-electron chi connectivity index (χ1n) is 34.2. The fraction of sp³-hybridized carbons (Fsp3) is 0.843. The van der Waals surface area contributed by atoms with Gasteiger partial charge in [-0.1, -0.05) is 325 Å². The SMILES string of the molecule is CC/C=C\C/C=C\C/C=C\C/C=C\CCCCCCCCCCCCCCCCCCCCC(=O)NC(COP(=O)([O-])OCC[N+](C)(C)C)C(O)/C=C/CCCCCCCCCCCCCCCCCCCCCCCCCC. The first-order chi connectivity index (χ1) is 38.5. The summed E-state index contributed by atoms with van der Waals surface area (Å²) in [5.74, 6) is -0.193. The molecule has 0 aromatic heterocycles. The zero-order valence-corrected chi connectivity index (χ0v) is 54.0. The van der Waals surface area contributed by atoms with Crippen LogP contribution in [-0.4, -0.2) is 68.5 Å². The van der Waals surface area contributed by atoms with E-state index in [-0.39, 0.29) is 19.1 Å². The average Bonchev–Trinajstić information content (AvgIpc) is 3.42. The van der Waals surface area contributed by atoms with Gasteiger partial charge in [-0.15, -0.1) is 0 Å². The van der Waals surface area contributed by atoms with Crippen molar-refractivity contribution in [2.75, 3.05) is 40.9 Å². The number of rotatable bonds is 63. The lowest BCUT2D eigenvalue weighted by atomic mass is 10.0. The van der Waals surface area contributed by atoms with Crippen LogP contribution in [0.15, 0.2) is 60.8 Å². The molecule has 0 fully saturated rings. The van der Waals surface area contributed by atoms with E-state index in [1.54, 1.807) is 6.08 Å². The summed E-state index contributed by atoms with van der Waals surface area (Å²) >= 11 is 0. The summed E-state index contributed by atoms with van der Waals surface area (Å²) in [7, 11) is 1.27. The third kappa shape index (κ3) is 63.6. The van der Waals surface area contributed by atoms with E-state index in [1.165, 1.54) is 244 Å². The number of amides is 1. The summed E-state index contributed by atoms with van der Waals surface area (Å²) in [6, 6.07) is -0.889. The van der Waals surface area contributed by atoms with Crippen molar-refractivity contribution in [3.8, 4) is 0 Å². The van der Waals surface area contributed by atoms with E-state index < -0.39 is 20.0 Å². The van der Waals surface area contributed by atoms with Gasteiger partial charge < -0.3 is 28.8 Å². The lowest BCUT2D eigenvalue weighted by Crippen LogP contribution is -2.45. The van der Waals surface area contributed by atoms with Gasteiger partial charge in [-0.05, 0) is 57.8 Å². The van der Waals surface area contributed by atoms with Crippen molar-refractivity contribution in [1.29, 1.82) is 0 Å². The van der Waals surface area contributed by atoms with Crippen molar-refractivity contribution in [3.05, 3.63) is 60.8 Å². The number of quaternary nitrogens is 1. The van der Waals surface area contributed by atoms with Crippen molar-refractivity contribution in [2.24, 2.45) is 0 Å². The molecule has 2 N–H and O–H groups in total. The van der Waals surface area contributed by atoms with Crippen LogP contribution in [0.2, 0.25) is 0 Å². The predicted molar refractivity (Wildman–Crippen MR) is 344 cm³/mol. The summed E-state index contributed by atoms with van der Waals surface area (Å²) in [5.41, 5.74) is 0. The number of likely N-dealkylation sites (N-methyl/N-ethyl adjacent to an activating group) is 1. The fourth-order valence-corrected chi connectivity index (χ4v) is 10.9. The van der Waals surface area contributed by atoms with Crippen LogP contribution in [0.1, 0.15) is 328 Å². The first-order valence-corrected chi connectivity index (χ1v) is 35.6. The molecule has 79 heavy (non-hydrogen) atoms. The molecule has 0 bridgehead atoms. The van der Waals surface area contributed by atoms with Gasteiger partial charge in [0.25, 0.3) is 7.82 Å². The maximum absolute atomic E-state index is 13.0. The number of nitrogens with zero attached hydrogens (tertiary/aromatic N) is 1. The quantitative estimate of drug-likeness (QED) is 0.0272. The van der Waals surface area contributed by atoms with E-state index in [2.05, 4.69) is 67.8 Å². The maximum Gasteiger partial charge on any atom is 0.268 e. The lowest BCUT2D eigenvalue weighted by molar-refractivity contribution is -0.870. The van der Waals surface area contributed by atoms with Gasteiger partial charge in [0.05, 0.1) is 39.9 Å². The Morgan fingerprint density at radius 1 is 0.456 bits per heavy atom. The van der Waals surface area contributed by atoms with Crippen LogP contribution < -0.4 is 10.2 Å².